The molecule has 0 aromatic carbocycles. The molecule has 2 rings (SSSR count). The Morgan fingerprint density at radius 3 is 2.29 bits per heavy atom. The molecule has 1 fully saturated rings. The summed E-state index contributed by atoms with van der Waals surface area (Å²) in [6.45, 7) is 2.01. The lowest BCUT2D eigenvalue weighted by Gasteiger charge is -2.12. The second kappa shape index (κ2) is 6.10. The van der Waals surface area contributed by atoms with Gasteiger partial charge in [-0.25, -0.2) is 9.97 Å². The van der Waals surface area contributed by atoms with Crippen molar-refractivity contribution in [3.05, 3.63) is 23.8 Å². The number of hydrogen-bond acceptors (Lipinski definition) is 3. The van der Waals surface area contributed by atoms with Gasteiger partial charge >= 0.3 is 0 Å². The zero-order valence-corrected chi connectivity index (χ0v) is 10.7. The third-order valence-corrected chi connectivity index (χ3v) is 3.50. The Hall–Kier alpha value is -0.960. The maximum Gasteiger partial charge on any atom is 0.131 e. The Balaban J connectivity index is 2.00. The second-order valence-electron chi connectivity index (χ2n) is 5.32. The fourth-order valence-electron chi connectivity index (χ4n) is 2.59. The van der Waals surface area contributed by atoms with Crippen LogP contribution in [0.1, 0.15) is 62.8 Å². The third kappa shape index (κ3) is 3.77. The van der Waals surface area contributed by atoms with E-state index in [4.69, 9.17) is 5.73 Å². The zero-order valence-electron chi connectivity index (χ0n) is 10.7. The fourth-order valence-corrected chi connectivity index (χ4v) is 2.59. The first-order valence-electron chi connectivity index (χ1n) is 6.82. The minimum atomic E-state index is 0.183. The molecule has 1 saturated carbocycles. The highest BCUT2D eigenvalue weighted by Crippen LogP contribution is 2.29. The van der Waals surface area contributed by atoms with Gasteiger partial charge in [-0.2, -0.15) is 0 Å². The highest BCUT2D eigenvalue weighted by molar-refractivity contribution is 5.09. The first-order valence-corrected chi connectivity index (χ1v) is 6.82. The first-order chi connectivity index (χ1) is 8.25. The molecule has 3 heteroatoms. The van der Waals surface area contributed by atoms with Crippen molar-refractivity contribution >= 4 is 0 Å². The van der Waals surface area contributed by atoms with E-state index in [-0.39, 0.29) is 6.04 Å². The van der Waals surface area contributed by atoms with E-state index in [0.717, 1.165) is 17.8 Å². The molecule has 1 aliphatic rings. The highest BCUT2D eigenvalue weighted by Gasteiger charge is 2.16. The van der Waals surface area contributed by atoms with Crippen LogP contribution in [-0.4, -0.2) is 16.0 Å². The number of nitrogens with two attached hydrogens (primary N) is 1. The lowest BCUT2D eigenvalue weighted by atomic mass is 9.99. The summed E-state index contributed by atoms with van der Waals surface area (Å²) < 4.78 is 0. The van der Waals surface area contributed by atoms with Crippen LogP contribution >= 0.6 is 0 Å². The number of aromatic nitrogens is 2. The van der Waals surface area contributed by atoms with Gasteiger partial charge in [0.15, 0.2) is 0 Å². The molecule has 1 unspecified atom stereocenters. The van der Waals surface area contributed by atoms with E-state index in [1.807, 2.05) is 19.3 Å². The van der Waals surface area contributed by atoms with E-state index in [0.29, 0.717) is 5.92 Å². The summed E-state index contributed by atoms with van der Waals surface area (Å²) in [7, 11) is 0. The smallest absolute Gasteiger partial charge is 0.131 e. The molecule has 17 heavy (non-hydrogen) atoms. The van der Waals surface area contributed by atoms with E-state index < -0.39 is 0 Å². The molecule has 94 valence electrons. The van der Waals surface area contributed by atoms with Crippen molar-refractivity contribution in [3.8, 4) is 0 Å². The van der Waals surface area contributed by atoms with E-state index in [1.54, 1.807) is 0 Å². The molecule has 0 bridgehead atoms. The van der Waals surface area contributed by atoms with Crippen molar-refractivity contribution in [2.24, 2.45) is 5.73 Å². The average molecular weight is 233 g/mol. The predicted molar refractivity (Wildman–Crippen MR) is 69.8 cm³/mol. The maximum atomic E-state index is 5.77. The van der Waals surface area contributed by atoms with Crippen LogP contribution in [-0.2, 0) is 6.42 Å². The van der Waals surface area contributed by atoms with Crippen molar-refractivity contribution in [1.29, 1.82) is 0 Å². The van der Waals surface area contributed by atoms with Crippen molar-refractivity contribution < 1.29 is 0 Å². The van der Waals surface area contributed by atoms with Crippen LogP contribution in [0.2, 0.25) is 0 Å². The van der Waals surface area contributed by atoms with Crippen LogP contribution in [0.4, 0.5) is 0 Å². The van der Waals surface area contributed by atoms with Crippen LogP contribution in [0.25, 0.3) is 0 Å². The summed E-state index contributed by atoms with van der Waals surface area (Å²) >= 11 is 0. The van der Waals surface area contributed by atoms with Crippen LogP contribution in [0.3, 0.4) is 0 Å². The summed E-state index contributed by atoms with van der Waals surface area (Å²) in [6, 6.07) is 0.183. The fraction of sp³-hybridized carbons (Fsp3) is 0.714. The summed E-state index contributed by atoms with van der Waals surface area (Å²) in [4.78, 5) is 9.06. The summed E-state index contributed by atoms with van der Waals surface area (Å²) in [5.41, 5.74) is 6.92. The topological polar surface area (TPSA) is 51.8 Å². The van der Waals surface area contributed by atoms with E-state index in [1.165, 1.54) is 38.5 Å². The van der Waals surface area contributed by atoms with E-state index >= 15 is 0 Å². The number of rotatable bonds is 3. The molecule has 1 aromatic rings. The highest BCUT2D eigenvalue weighted by atomic mass is 14.9. The van der Waals surface area contributed by atoms with Crippen molar-refractivity contribution in [1.82, 2.24) is 9.97 Å². The van der Waals surface area contributed by atoms with Gasteiger partial charge in [-0.3, -0.25) is 0 Å². The molecule has 0 saturated heterocycles. The van der Waals surface area contributed by atoms with Gasteiger partial charge in [0.25, 0.3) is 0 Å². The van der Waals surface area contributed by atoms with Crippen molar-refractivity contribution in [2.75, 3.05) is 0 Å². The molecule has 1 aromatic heterocycles. The molecule has 0 amide bonds. The van der Waals surface area contributed by atoms with Crippen LogP contribution in [0.5, 0.6) is 0 Å². The van der Waals surface area contributed by atoms with Crippen molar-refractivity contribution in [3.63, 3.8) is 0 Å². The summed E-state index contributed by atoms with van der Waals surface area (Å²) in [6.07, 6.45) is 12.7. The van der Waals surface area contributed by atoms with E-state index in [9.17, 15) is 0 Å². The summed E-state index contributed by atoms with van der Waals surface area (Å²) in [5, 5.41) is 0. The molecule has 1 atom stereocenters. The van der Waals surface area contributed by atoms with Gasteiger partial charge < -0.3 is 5.73 Å². The molecule has 3 nitrogen and oxygen atoms in total. The standard InChI is InChI=1S/C14H23N3/c1-11(15)8-12-9-16-14(17-10-12)13-6-4-2-3-5-7-13/h9-11,13H,2-8,15H2,1H3. The Morgan fingerprint density at radius 1 is 1.18 bits per heavy atom. The molecule has 0 aliphatic heterocycles. The second-order valence-corrected chi connectivity index (χ2v) is 5.32. The minimum absolute atomic E-state index is 0.183. The largest absolute Gasteiger partial charge is 0.328 e. The molecule has 0 radical (unpaired) electrons. The van der Waals surface area contributed by atoms with Gasteiger partial charge in [0, 0.05) is 24.4 Å². The molecule has 0 spiro atoms. The Kier molecular flexibility index (Phi) is 4.49. The van der Waals surface area contributed by atoms with E-state index in [2.05, 4.69) is 9.97 Å². The van der Waals surface area contributed by atoms with Gasteiger partial charge in [0.05, 0.1) is 0 Å². The molecule has 2 N–H and O–H groups in total. The Labute approximate surface area is 104 Å². The molecular formula is C14H23N3. The van der Waals surface area contributed by atoms with Gasteiger partial charge in [-0.15, -0.1) is 0 Å². The van der Waals surface area contributed by atoms with Crippen LogP contribution in [0, 0.1) is 0 Å². The zero-order chi connectivity index (χ0) is 12.1. The number of nitrogens with zero attached hydrogens (tertiary/aromatic N) is 2. The molecule has 1 heterocycles. The van der Waals surface area contributed by atoms with Crippen LogP contribution < -0.4 is 5.73 Å². The van der Waals surface area contributed by atoms with Gasteiger partial charge in [0.1, 0.15) is 5.82 Å². The average Bonchev–Trinajstić information content (AvgIpc) is 2.58. The lowest BCUT2D eigenvalue weighted by Crippen LogP contribution is -2.18. The third-order valence-electron chi connectivity index (χ3n) is 3.50. The number of hydrogen-bond donors (Lipinski definition) is 1. The molecule has 1 aliphatic carbocycles. The predicted octanol–water partition coefficient (Wildman–Crippen LogP) is 2.80. The van der Waals surface area contributed by atoms with Gasteiger partial charge in [-0.05, 0) is 31.7 Å². The van der Waals surface area contributed by atoms with Crippen LogP contribution in [0.15, 0.2) is 12.4 Å². The first kappa shape index (κ1) is 12.5. The van der Waals surface area contributed by atoms with Crippen molar-refractivity contribution in [2.45, 2.75) is 63.8 Å². The quantitative estimate of drug-likeness (QED) is 0.817. The monoisotopic (exact) mass is 233 g/mol. The summed E-state index contributed by atoms with van der Waals surface area (Å²) in [5.74, 6) is 1.63. The molecular weight excluding hydrogens is 210 g/mol. The normalized spacial score (nSPS) is 19.9. The Bertz CT molecular complexity index is 324. The van der Waals surface area contributed by atoms with Gasteiger partial charge in [-0.1, -0.05) is 25.7 Å². The SMILES string of the molecule is CC(N)Cc1cnc(C2CCCCCC2)nc1. The minimum Gasteiger partial charge on any atom is -0.328 e. The maximum absolute atomic E-state index is 5.77. The Morgan fingerprint density at radius 2 is 1.76 bits per heavy atom. The van der Waals surface area contributed by atoms with Gasteiger partial charge in [0.2, 0.25) is 0 Å². The lowest BCUT2D eigenvalue weighted by molar-refractivity contribution is 0.558.